The van der Waals surface area contributed by atoms with Crippen LogP contribution < -0.4 is 16.9 Å². The van der Waals surface area contributed by atoms with Crippen molar-refractivity contribution < 1.29 is 10.0 Å². The molecule has 4 aromatic rings. The van der Waals surface area contributed by atoms with E-state index in [2.05, 4.69) is 42.5 Å². The van der Waals surface area contributed by atoms with Gasteiger partial charge in [-0.15, -0.1) is 0 Å². The zero-order valence-corrected chi connectivity index (χ0v) is 22.3. The average molecular weight is 652 g/mol. The van der Waals surface area contributed by atoms with E-state index in [1.807, 2.05) is 0 Å². The van der Waals surface area contributed by atoms with Crippen molar-refractivity contribution >= 4 is 93.2 Å². The molecule has 0 amide bonds. The predicted octanol–water partition coefficient (Wildman–Crippen LogP) is 4.37. The Hall–Kier alpha value is -1.93. The number of hydrogen-bond acceptors (Lipinski definition) is 8. The number of hydrogen-bond donors (Lipinski definition) is 4. The van der Waals surface area contributed by atoms with Crippen molar-refractivity contribution in [2.75, 3.05) is 11.5 Å². The van der Waals surface area contributed by atoms with Gasteiger partial charge in [0.25, 0.3) is 0 Å². The van der Waals surface area contributed by atoms with Crippen molar-refractivity contribution in [2.45, 2.75) is 0 Å². The van der Waals surface area contributed by atoms with Gasteiger partial charge >= 0.3 is 7.12 Å². The molecular weight excluding hydrogens is 636 g/mol. The maximum absolute atomic E-state index is 8.65. The summed E-state index contributed by atoms with van der Waals surface area (Å²) < 4.78 is 0.920. The first-order valence-electron chi connectivity index (χ1n) is 9.13. The molecule has 4 aromatic heterocycles. The van der Waals surface area contributed by atoms with Gasteiger partial charge in [-0.05, 0) is 46.9 Å². The normalized spacial score (nSPS) is 9.85. The maximum atomic E-state index is 8.65. The molecule has 4 rings (SSSR count). The van der Waals surface area contributed by atoms with E-state index < -0.39 is 7.12 Å². The minimum atomic E-state index is -1.52. The molecule has 0 saturated heterocycles. The zero-order chi connectivity index (χ0) is 25.3. The monoisotopic (exact) mass is 650 g/mol. The van der Waals surface area contributed by atoms with Crippen LogP contribution >= 0.6 is 69.0 Å². The minimum Gasteiger partial charge on any atom is -0.423 e. The number of halogens is 5. The van der Waals surface area contributed by atoms with Crippen molar-refractivity contribution in [3.05, 3.63) is 85.1 Å². The first-order chi connectivity index (χ1) is 16.1. The summed E-state index contributed by atoms with van der Waals surface area (Å²) in [7, 11) is -1.52. The first kappa shape index (κ1) is 28.3. The lowest BCUT2D eigenvalue weighted by Gasteiger charge is -2.05. The van der Waals surface area contributed by atoms with Gasteiger partial charge in [0, 0.05) is 53.8 Å². The third-order valence-corrected chi connectivity index (χ3v) is 6.27. The highest BCUT2D eigenvalue weighted by Gasteiger charge is 2.13. The minimum absolute atomic E-state index is 0.262. The third-order valence-electron chi connectivity index (χ3n) is 3.85. The maximum Gasteiger partial charge on any atom is 0.490 e. The largest absolute Gasteiger partial charge is 0.490 e. The van der Waals surface area contributed by atoms with Crippen molar-refractivity contribution in [1.82, 2.24) is 19.9 Å². The van der Waals surface area contributed by atoms with Crippen LogP contribution in [0.15, 0.2) is 61.4 Å². The highest BCUT2D eigenvalue weighted by atomic mass is 127. The number of rotatable bonds is 2. The lowest BCUT2D eigenvalue weighted by atomic mass is 9.81. The molecule has 0 radical (unpaired) electrons. The highest BCUT2D eigenvalue weighted by molar-refractivity contribution is 14.1. The second-order valence-corrected chi connectivity index (χ2v) is 9.03. The van der Waals surface area contributed by atoms with E-state index in [9.17, 15) is 0 Å². The van der Waals surface area contributed by atoms with Gasteiger partial charge in [-0.2, -0.15) is 0 Å². The zero-order valence-electron chi connectivity index (χ0n) is 17.1. The molecule has 8 nitrogen and oxygen atoms in total. The molecule has 0 aromatic carbocycles. The second kappa shape index (κ2) is 13.8. The molecule has 14 heteroatoms. The van der Waals surface area contributed by atoms with Crippen molar-refractivity contribution in [2.24, 2.45) is 0 Å². The molecule has 0 aliphatic heterocycles. The van der Waals surface area contributed by atoms with Gasteiger partial charge in [-0.3, -0.25) is 9.97 Å². The fraction of sp³-hybridized carbons (Fsp3) is 0. The van der Waals surface area contributed by atoms with Gasteiger partial charge in [0.1, 0.15) is 11.6 Å². The van der Waals surface area contributed by atoms with Gasteiger partial charge in [0.05, 0.1) is 23.7 Å². The van der Waals surface area contributed by atoms with E-state index >= 15 is 0 Å². The number of anilines is 2. The van der Waals surface area contributed by atoms with Crippen LogP contribution in [0.3, 0.4) is 0 Å². The van der Waals surface area contributed by atoms with Gasteiger partial charge in [-0.25, -0.2) is 9.97 Å². The van der Waals surface area contributed by atoms with Crippen LogP contribution in [-0.2, 0) is 0 Å². The molecular formula is C20H16BCl4IN6O2. The lowest BCUT2D eigenvalue weighted by Crippen LogP contribution is -2.30. The molecule has 176 valence electrons. The molecule has 4 heterocycles. The van der Waals surface area contributed by atoms with Crippen LogP contribution in [0, 0.1) is 3.57 Å². The Labute approximate surface area is 229 Å². The quantitative estimate of drug-likeness (QED) is 0.185. The van der Waals surface area contributed by atoms with Crippen molar-refractivity contribution in [3.8, 4) is 11.1 Å². The van der Waals surface area contributed by atoms with E-state index in [4.69, 9.17) is 67.9 Å². The summed E-state index contributed by atoms with van der Waals surface area (Å²) in [6, 6.07) is 6.45. The fourth-order valence-electron chi connectivity index (χ4n) is 2.26. The summed E-state index contributed by atoms with van der Waals surface area (Å²) in [5.74, 6) is 0.842. The van der Waals surface area contributed by atoms with Crippen LogP contribution in [0.4, 0.5) is 11.6 Å². The number of nitrogens with zero attached hydrogens (tertiary/aromatic N) is 4. The first-order valence-corrected chi connectivity index (χ1v) is 11.7. The van der Waals surface area contributed by atoms with E-state index in [-0.39, 0.29) is 10.5 Å². The molecule has 0 atom stereocenters. The lowest BCUT2D eigenvalue weighted by molar-refractivity contribution is 0.426. The average Bonchev–Trinajstić information content (AvgIpc) is 2.78. The Morgan fingerprint density at radius 1 is 0.706 bits per heavy atom. The number of nitrogen functional groups attached to an aromatic ring is 2. The Kier molecular flexibility index (Phi) is 11.5. The summed E-state index contributed by atoms with van der Waals surface area (Å²) in [4.78, 5) is 15.4. The standard InChI is InChI=1S/C10H7Cl2N3.C5H5BClNO2.C5H4ClIN2/c11-8-3-10(13)15-4-7(8)6-1-2-14-5-9(6)12;7-5-3-8-2-1-4(5)6(9)10;6-3-1-5(8)9-2-4(3)7/h1-5H,(H2,13,15);1-3,9-10H;1-2H,(H2,8,9). The third kappa shape index (κ3) is 8.69. The van der Waals surface area contributed by atoms with Gasteiger partial charge in [-0.1, -0.05) is 46.4 Å². The number of aromatic nitrogens is 4. The Bertz CT molecular complexity index is 1260. The van der Waals surface area contributed by atoms with E-state index in [0.29, 0.717) is 26.7 Å². The molecule has 0 aliphatic carbocycles. The highest BCUT2D eigenvalue weighted by Crippen LogP contribution is 2.32. The van der Waals surface area contributed by atoms with Crippen molar-refractivity contribution in [1.29, 1.82) is 0 Å². The van der Waals surface area contributed by atoms with Crippen LogP contribution in [0.2, 0.25) is 20.1 Å². The van der Waals surface area contributed by atoms with Crippen LogP contribution in [0.25, 0.3) is 11.1 Å². The Morgan fingerprint density at radius 2 is 1.26 bits per heavy atom. The Morgan fingerprint density at radius 3 is 1.74 bits per heavy atom. The molecule has 0 unspecified atom stereocenters. The van der Waals surface area contributed by atoms with Crippen LogP contribution in [0.5, 0.6) is 0 Å². The summed E-state index contributed by atoms with van der Waals surface area (Å²) in [5.41, 5.74) is 12.6. The number of pyridine rings is 4. The molecule has 34 heavy (non-hydrogen) atoms. The van der Waals surface area contributed by atoms with Gasteiger partial charge < -0.3 is 21.5 Å². The van der Waals surface area contributed by atoms with Crippen LogP contribution in [0.1, 0.15) is 0 Å². The molecule has 0 bridgehead atoms. The molecule has 6 N–H and O–H groups in total. The SMILES string of the molecule is Nc1cc(Cl)c(-c2ccncc2Cl)cn1.Nc1cc(Cl)c(I)cn1.OB(O)c1ccncc1Cl. The number of nitrogens with two attached hydrogens (primary N) is 2. The molecule has 0 spiro atoms. The summed E-state index contributed by atoms with van der Waals surface area (Å²) in [5, 5.41) is 19.3. The van der Waals surface area contributed by atoms with E-state index in [0.717, 1.165) is 14.7 Å². The molecule has 0 saturated carbocycles. The van der Waals surface area contributed by atoms with Gasteiger partial charge in [0.15, 0.2) is 0 Å². The van der Waals surface area contributed by atoms with Crippen LogP contribution in [-0.4, -0.2) is 37.1 Å². The summed E-state index contributed by atoms with van der Waals surface area (Å²) in [6.45, 7) is 0. The Balaban J connectivity index is 0.000000189. The second-order valence-electron chi connectivity index (χ2n) is 6.24. The van der Waals surface area contributed by atoms with Gasteiger partial charge in [0.2, 0.25) is 0 Å². The fourth-order valence-corrected chi connectivity index (χ4v) is 3.42. The van der Waals surface area contributed by atoms with Crippen molar-refractivity contribution in [3.63, 3.8) is 0 Å². The van der Waals surface area contributed by atoms with E-state index in [1.165, 1.54) is 18.5 Å². The molecule has 0 fully saturated rings. The smallest absolute Gasteiger partial charge is 0.423 e. The summed E-state index contributed by atoms with van der Waals surface area (Å²) >= 11 is 25.3. The van der Waals surface area contributed by atoms with E-state index in [1.54, 1.807) is 43.0 Å². The summed E-state index contributed by atoms with van der Waals surface area (Å²) in [6.07, 6.45) is 9.24. The topological polar surface area (TPSA) is 144 Å². The molecule has 0 aliphatic rings. The predicted molar refractivity (Wildman–Crippen MR) is 147 cm³/mol.